The smallest absolute Gasteiger partial charge is 0.256 e. The molecular weight excluding hydrogens is 835 g/mol. The summed E-state index contributed by atoms with van der Waals surface area (Å²) in [5, 5.41) is 19.0. The number of aryl methyl sites for hydroxylation is 1. The predicted molar refractivity (Wildman–Crippen MR) is 265 cm³/mol. The van der Waals surface area contributed by atoms with E-state index in [-0.39, 0.29) is 29.8 Å². The summed E-state index contributed by atoms with van der Waals surface area (Å²) in [6.07, 6.45) is 8.80. The van der Waals surface area contributed by atoms with Crippen molar-refractivity contribution in [3.8, 4) is 0 Å². The monoisotopic (exact) mass is 904 g/mol. The number of rotatable bonds is 16. The molecule has 7 rings (SSSR count). The Hall–Kier alpha value is -6.07. The van der Waals surface area contributed by atoms with Gasteiger partial charge in [-0.2, -0.15) is 0 Å². The second-order valence-corrected chi connectivity index (χ2v) is 16.6. The Morgan fingerprint density at radius 2 is 1.65 bits per heavy atom. The van der Waals surface area contributed by atoms with Gasteiger partial charge in [0.25, 0.3) is 5.91 Å². The zero-order valence-electron chi connectivity index (χ0n) is 39.2. The first-order chi connectivity index (χ1) is 32.1. The van der Waals surface area contributed by atoms with Gasteiger partial charge in [-0.15, -0.1) is 6.58 Å². The number of anilines is 3. The fraction of sp³-hybridized carbons (Fsp3) is 0.460. The van der Waals surface area contributed by atoms with Crippen molar-refractivity contribution >= 4 is 59.4 Å². The molecule has 3 fully saturated rings. The minimum atomic E-state index is -0.635. The number of hydrogen-bond donors (Lipinski definition) is 5. The van der Waals surface area contributed by atoms with Crippen LogP contribution in [0.5, 0.6) is 0 Å². The molecule has 1 aromatic heterocycles. The summed E-state index contributed by atoms with van der Waals surface area (Å²) in [4.78, 5) is 71.7. The number of aliphatic hydroxyl groups excluding tert-OH is 1. The number of likely N-dealkylation sites (N-methyl/N-ethyl adjacent to an activating group) is 1. The van der Waals surface area contributed by atoms with Crippen molar-refractivity contribution in [1.82, 2.24) is 25.4 Å². The number of imide groups is 1. The van der Waals surface area contributed by atoms with Crippen LogP contribution in [0, 0.1) is 5.92 Å². The number of carbonyl (C=O) groups excluding carboxylic acids is 4. The maximum atomic E-state index is 13.2. The van der Waals surface area contributed by atoms with Crippen LogP contribution in [0.2, 0.25) is 0 Å². The van der Waals surface area contributed by atoms with Gasteiger partial charge in [0, 0.05) is 87.6 Å². The molecule has 66 heavy (non-hydrogen) atoms. The quantitative estimate of drug-likeness (QED) is 0.0316. The largest absolute Gasteiger partial charge is 0.387 e. The molecule has 3 aliphatic heterocycles. The van der Waals surface area contributed by atoms with E-state index in [1.807, 2.05) is 56.1 Å². The lowest BCUT2D eigenvalue weighted by atomic mass is 9.93. The summed E-state index contributed by atoms with van der Waals surface area (Å²) in [5.74, 6) is 0.373. The SMILES string of the molecule is C=CCNC(=O)/C(=C/N=C)C(=Nc1ccc2c(n1)C(O)CC2)Nc1ccc(N2CCC(CCN3CCN(c4ccc(C=O)c(CN(C)C5CCC(=O)NC5=O)c4)CC3)CC2)cc1.CC.CN. The van der Waals surface area contributed by atoms with E-state index < -0.39 is 18.1 Å². The van der Waals surface area contributed by atoms with E-state index in [1.54, 1.807) is 12.1 Å². The number of pyridine rings is 1. The highest BCUT2D eigenvalue weighted by Crippen LogP contribution is 2.32. The van der Waals surface area contributed by atoms with Crippen LogP contribution in [0.4, 0.5) is 22.9 Å². The van der Waals surface area contributed by atoms with E-state index in [9.17, 15) is 24.3 Å². The lowest BCUT2D eigenvalue weighted by Gasteiger charge is -2.38. The number of nitrogens with one attached hydrogen (secondary N) is 3. The summed E-state index contributed by atoms with van der Waals surface area (Å²) in [6.45, 7) is 18.8. The molecule has 16 heteroatoms. The highest BCUT2D eigenvalue weighted by Gasteiger charge is 2.31. The van der Waals surface area contributed by atoms with Gasteiger partial charge in [0.15, 0.2) is 5.82 Å². The number of aliphatic imine (C=N–C) groups is 2. The second kappa shape index (κ2) is 25.6. The lowest BCUT2D eigenvalue weighted by Crippen LogP contribution is -2.51. The number of aliphatic hydroxyl groups is 1. The van der Waals surface area contributed by atoms with Gasteiger partial charge < -0.3 is 31.3 Å². The number of aromatic nitrogens is 1. The Morgan fingerprint density at radius 3 is 2.32 bits per heavy atom. The van der Waals surface area contributed by atoms with Crippen LogP contribution in [-0.4, -0.2) is 129 Å². The molecule has 2 atom stereocenters. The number of amidine groups is 1. The number of fused-ring (bicyclic) bond motifs is 1. The van der Waals surface area contributed by atoms with Crippen molar-refractivity contribution < 1.29 is 24.3 Å². The molecule has 4 aliphatic rings. The van der Waals surface area contributed by atoms with Gasteiger partial charge in [-0.1, -0.05) is 26.0 Å². The molecule has 0 saturated carbocycles. The average Bonchev–Trinajstić information content (AvgIpc) is 3.72. The van der Waals surface area contributed by atoms with E-state index in [0.717, 1.165) is 106 Å². The van der Waals surface area contributed by atoms with Crippen LogP contribution >= 0.6 is 0 Å². The molecule has 6 N–H and O–H groups in total. The molecular formula is C50H69N11O5. The van der Waals surface area contributed by atoms with E-state index in [1.165, 1.54) is 13.2 Å². The summed E-state index contributed by atoms with van der Waals surface area (Å²) in [7, 11) is 3.36. The Bertz CT molecular complexity index is 2190. The van der Waals surface area contributed by atoms with Crippen molar-refractivity contribution in [3.63, 3.8) is 0 Å². The van der Waals surface area contributed by atoms with Gasteiger partial charge in [-0.3, -0.25) is 39.3 Å². The van der Waals surface area contributed by atoms with E-state index >= 15 is 0 Å². The van der Waals surface area contributed by atoms with Gasteiger partial charge in [0.1, 0.15) is 17.7 Å². The fourth-order valence-electron chi connectivity index (χ4n) is 8.82. The number of nitrogens with two attached hydrogens (primary N) is 1. The van der Waals surface area contributed by atoms with Crippen LogP contribution in [-0.2, 0) is 27.3 Å². The van der Waals surface area contributed by atoms with Crippen LogP contribution in [0.25, 0.3) is 0 Å². The number of hydrogen-bond acceptors (Lipinski definition) is 13. The van der Waals surface area contributed by atoms with Crippen molar-refractivity contribution in [2.75, 3.05) is 81.6 Å². The maximum Gasteiger partial charge on any atom is 0.256 e. The number of aldehydes is 1. The molecule has 3 aromatic rings. The predicted octanol–water partition coefficient (Wildman–Crippen LogP) is 5.17. The van der Waals surface area contributed by atoms with Crippen LogP contribution < -0.4 is 31.5 Å². The molecule has 0 spiro atoms. The minimum absolute atomic E-state index is 0.186. The molecule has 3 saturated heterocycles. The van der Waals surface area contributed by atoms with Crippen molar-refractivity contribution in [1.29, 1.82) is 0 Å². The molecule has 354 valence electrons. The number of nitrogens with zero attached hydrogens (tertiary/aromatic N) is 7. The number of amides is 3. The number of benzene rings is 2. The van der Waals surface area contributed by atoms with Gasteiger partial charge in [-0.25, -0.2) is 9.98 Å². The minimum Gasteiger partial charge on any atom is -0.387 e. The molecule has 0 radical (unpaired) electrons. The van der Waals surface area contributed by atoms with E-state index in [4.69, 9.17) is 4.99 Å². The first kappa shape index (κ1) is 50.9. The maximum absolute atomic E-state index is 13.2. The summed E-state index contributed by atoms with van der Waals surface area (Å²) in [5.41, 5.74) is 10.8. The third kappa shape index (κ3) is 13.5. The van der Waals surface area contributed by atoms with Crippen LogP contribution in [0.1, 0.15) is 85.7 Å². The third-order valence-electron chi connectivity index (χ3n) is 12.5. The molecule has 1 aliphatic carbocycles. The van der Waals surface area contributed by atoms with E-state index in [2.05, 4.69) is 77.9 Å². The topological polar surface area (TPSA) is 201 Å². The number of piperazine rings is 1. The van der Waals surface area contributed by atoms with Crippen molar-refractivity contribution in [2.24, 2.45) is 21.6 Å². The van der Waals surface area contributed by atoms with Gasteiger partial charge in [-0.05, 0) is 131 Å². The van der Waals surface area contributed by atoms with Crippen molar-refractivity contribution in [2.45, 2.75) is 77.5 Å². The molecule has 16 nitrogen and oxygen atoms in total. The van der Waals surface area contributed by atoms with Gasteiger partial charge >= 0.3 is 0 Å². The Kier molecular flexibility index (Phi) is 19.7. The highest BCUT2D eigenvalue weighted by atomic mass is 16.3. The first-order valence-corrected chi connectivity index (χ1v) is 23.2. The molecule has 3 amide bonds. The van der Waals surface area contributed by atoms with Crippen molar-refractivity contribution in [3.05, 3.63) is 101 Å². The molecule has 0 bridgehead atoms. The highest BCUT2D eigenvalue weighted by molar-refractivity contribution is 6.25. The standard InChI is InChI=1S/C47H58N10O5.C2H6.CH5N/c1-4-20-49-46(61)39(29-48-2)45(52-42-15-7-33-6-14-41(59)44(33)51-42)50-36-8-11-37(12-9-36)56-22-18-32(19-23-56)17-21-55-24-26-57(27-25-55)38-10-5-34(31-58)35(28-38)30-54(3)40-13-16-43(60)53-47(40)62;2*1-2/h4-5,7-12,15,28-29,31-32,40-41,59H,1-2,6,13-14,16-27,30H2,3H3,(H,49,61)(H,50,51,52)(H,53,60,62);1-2H3;2H2,1H3/b39-29+;;. The third-order valence-corrected chi connectivity index (χ3v) is 12.5. The van der Waals surface area contributed by atoms with Gasteiger partial charge in [0.2, 0.25) is 11.8 Å². The Balaban J connectivity index is 0.00000199. The normalized spacial score (nSPS) is 19.1. The Labute approximate surface area is 390 Å². The van der Waals surface area contributed by atoms with Crippen LogP contribution in [0.3, 0.4) is 0 Å². The molecule has 2 aromatic carbocycles. The summed E-state index contributed by atoms with van der Waals surface area (Å²) < 4.78 is 0. The Morgan fingerprint density at radius 1 is 0.955 bits per heavy atom. The average molecular weight is 904 g/mol. The first-order valence-electron chi connectivity index (χ1n) is 23.2. The second-order valence-electron chi connectivity index (χ2n) is 16.6. The summed E-state index contributed by atoms with van der Waals surface area (Å²) in [6, 6.07) is 17.4. The van der Waals surface area contributed by atoms with Crippen LogP contribution in [0.15, 0.2) is 89.0 Å². The number of piperidine rings is 2. The zero-order valence-corrected chi connectivity index (χ0v) is 39.2. The fourth-order valence-corrected chi connectivity index (χ4v) is 8.82. The summed E-state index contributed by atoms with van der Waals surface area (Å²) >= 11 is 0. The van der Waals surface area contributed by atoms with Gasteiger partial charge in [0.05, 0.1) is 17.8 Å². The molecule has 2 unspecified atom stereocenters. The lowest BCUT2D eigenvalue weighted by molar-refractivity contribution is -0.137. The van der Waals surface area contributed by atoms with E-state index in [0.29, 0.717) is 48.8 Å². The zero-order chi connectivity index (χ0) is 47.6. The number of carbonyl (C=O) groups is 4. The molecule has 4 heterocycles.